The van der Waals surface area contributed by atoms with Crippen LogP contribution in [-0.2, 0) is 0 Å². The lowest BCUT2D eigenvalue weighted by Crippen LogP contribution is -2.23. The van der Waals surface area contributed by atoms with Gasteiger partial charge in [0.15, 0.2) is 0 Å². The second kappa shape index (κ2) is 3.37. The molecule has 0 atom stereocenters. The van der Waals surface area contributed by atoms with Gasteiger partial charge in [-0.2, -0.15) is 0 Å². The Kier molecular flexibility index (Phi) is 2.03. The minimum Gasteiger partial charge on any atom is -0.0900 e. The number of hydrogen-bond donors (Lipinski definition) is 0. The summed E-state index contributed by atoms with van der Waals surface area (Å²) in [5.41, 5.74) is 0. The average molecular weight is 214 g/mol. The van der Waals surface area contributed by atoms with Gasteiger partial charge in [-0.3, -0.25) is 0 Å². The third kappa shape index (κ3) is 1.35. The Morgan fingerprint density at radius 2 is 2.14 bits per heavy atom. The summed E-state index contributed by atoms with van der Waals surface area (Å²) in [5.74, 6) is 0. The fourth-order valence-electron chi connectivity index (χ4n) is 1.79. The summed E-state index contributed by atoms with van der Waals surface area (Å²) in [6.07, 6.45) is 7.87. The number of benzene rings is 1. The topological polar surface area (TPSA) is 0 Å². The molecule has 68 valence electrons. The molecular formula is C12H10SSi. The second-order valence-electron chi connectivity index (χ2n) is 3.47. The van der Waals surface area contributed by atoms with Crippen molar-refractivity contribution in [1.82, 2.24) is 0 Å². The van der Waals surface area contributed by atoms with Gasteiger partial charge in [0.1, 0.15) is 0 Å². The van der Waals surface area contributed by atoms with E-state index in [1.54, 1.807) is 10.4 Å². The first-order valence-electron chi connectivity index (χ1n) is 4.78. The van der Waals surface area contributed by atoms with E-state index in [4.69, 9.17) is 0 Å². The van der Waals surface area contributed by atoms with Gasteiger partial charge >= 0.3 is 0 Å². The van der Waals surface area contributed by atoms with Gasteiger partial charge in [-0.15, -0.1) is 0 Å². The van der Waals surface area contributed by atoms with E-state index in [1.165, 1.54) is 16.2 Å². The summed E-state index contributed by atoms with van der Waals surface area (Å²) in [5, 5.41) is 3.23. The van der Waals surface area contributed by atoms with Gasteiger partial charge < -0.3 is 0 Å². The van der Waals surface area contributed by atoms with Crippen LogP contribution in [0.3, 0.4) is 0 Å². The molecule has 1 aromatic carbocycles. The highest BCUT2D eigenvalue weighted by molar-refractivity contribution is 8.04. The molecule has 0 unspecified atom stereocenters. The standard InChI is InChI=1S/C12H10SSi/c1-3-7-11-9(5-1)13-10-6-2-4-8-12(10)14-11/h1-7,14H,8H2. The molecule has 0 saturated carbocycles. The van der Waals surface area contributed by atoms with Crippen molar-refractivity contribution in [3.05, 3.63) is 47.4 Å². The van der Waals surface area contributed by atoms with Crippen LogP contribution in [0.4, 0.5) is 0 Å². The van der Waals surface area contributed by atoms with Crippen molar-refractivity contribution in [1.29, 1.82) is 0 Å². The highest BCUT2D eigenvalue weighted by atomic mass is 32.2. The van der Waals surface area contributed by atoms with Gasteiger partial charge in [0, 0.05) is 18.9 Å². The fourth-order valence-corrected chi connectivity index (χ4v) is 4.74. The number of thioether (sulfide) groups is 1. The Labute approximate surface area is 90.2 Å². The van der Waals surface area contributed by atoms with E-state index in [0.717, 1.165) is 0 Å². The molecule has 0 saturated heterocycles. The monoisotopic (exact) mass is 214 g/mol. The third-order valence-corrected chi connectivity index (χ3v) is 5.84. The summed E-state index contributed by atoms with van der Waals surface area (Å²) in [4.78, 5) is 2.97. The second-order valence-corrected chi connectivity index (χ2v) is 6.16. The highest BCUT2D eigenvalue weighted by Crippen LogP contribution is 2.30. The zero-order valence-electron chi connectivity index (χ0n) is 7.73. The molecule has 1 aromatic rings. The van der Waals surface area contributed by atoms with Crippen molar-refractivity contribution in [2.75, 3.05) is 0 Å². The molecule has 0 N–H and O–H groups in total. The van der Waals surface area contributed by atoms with Crippen LogP contribution in [0.5, 0.6) is 0 Å². The zero-order chi connectivity index (χ0) is 9.38. The van der Waals surface area contributed by atoms with Crippen LogP contribution in [0.1, 0.15) is 6.42 Å². The van der Waals surface area contributed by atoms with Gasteiger partial charge in [-0.25, -0.2) is 0 Å². The summed E-state index contributed by atoms with van der Waals surface area (Å²) < 4.78 is 0. The minimum atomic E-state index is 0.359. The Morgan fingerprint density at radius 3 is 3.14 bits per heavy atom. The first-order valence-corrected chi connectivity index (χ1v) is 6.75. The van der Waals surface area contributed by atoms with Crippen molar-refractivity contribution < 1.29 is 0 Å². The summed E-state index contributed by atoms with van der Waals surface area (Å²) in [7, 11) is 0.359. The number of hydrogen-bond acceptors (Lipinski definition) is 1. The molecule has 0 spiro atoms. The predicted molar refractivity (Wildman–Crippen MR) is 65.9 cm³/mol. The summed E-state index contributed by atoms with van der Waals surface area (Å²) in [6.45, 7) is 0. The SMILES string of the molecule is C1=CCC2=[SiH]c3ccccc3SC2=C1. The first-order chi connectivity index (χ1) is 6.93. The molecule has 0 nitrogen and oxygen atoms in total. The maximum atomic E-state index is 2.28. The van der Waals surface area contributed by atoms with E-state index < -0.39 is 0 Å². The third-order valence-electron chi connectivity index (χ3n) is 2.51. The lowest BCUT2D eigenvalue weighted by atomic mass is 10.2. The average Bonchev–Trinajstić information content (AvgIpc) is 2.26. The van der Waals surface area contributed by atoms with E-state index in [0.29, 0.717) is 9.13 Å². The van der Waals surface area contributed by atoms with Gasteiger partial charge in [0.05, 0.1) is 0 Å². The number of rotatable bonds is 0. The van der Waals surface area contributed by atoms with Crippen molar-refractivity contribution in [2.24, 2.45) is 0 Å². The van der Waals surface area contributed by atoms with Crippen LogP contribution in [-0.4, -0.2) is 14.3 Å². The largest absolute Gasteiger partial charge is 0.0900 e. The Bertz CT molecular complexity index is 469. The quantitative estimate of drug-likeness (QED) is 0.594. The summed E-state index contributed by atoms with van der Waals surface area (Å²) in [6, 6.07) is 8.80. The molecule has 0 aromatic heterocycles. The van der Waals surface area contributed by atoms with Crippen molar-refractivity contribution in [3.63, 3.8) is 0 Å². The predicted octanol–water partition coefficient (Wildman–Crippen LogP) is 1.87. The van der Waals surface area contributed by atoms with Gasteiger partial charge in [0.2, 0.25) is 0 Å². The molecule has 0 bridgehead atoms. The molecule has 2 heteroatoms. The molecule has 0 fully saturated rings. The normalized spacial score (nSPS) is 18.0. The van der Waals surface area contributed by atoms with Crippen molar-refractivity contribution in [3.8, 4) is 0 Å². The van der Waals surface area contributed by atoms with E-state index in [2.05, 4.69) is 42.5 Å². The smallest absolute Gasteiger partial charge is 0.0366 e. The number of fused-ring (bicyclic) bond motifs is 2. The molecule has 0 amide bonds. The van der Waals surface area contributed by atoms with E-state index >= 15 is 0 Å². The molecule has 1 heterocycles. The molecule has 1 aliphatic heterocycles. The molecule has 3 rings (SSSR count). The van der Waals surface area contributed by atoms with Crippen molar-refractivity contribution in [2.45, 2.75) is 11.3 Å². The van der Waals surface area contributed by atoms with E-state index in [9.17, 15) is 0 Å². The van der Waals surface area contributed by atoms with Crippen molar-refractivity contribution >= 4 is 31.2 Å². The highest BCUT2D eigenvalue weighted by Gasteiger charge is 2.15. The minimum absolute atomic E-state index is 0.359. The Balaban J connectivity index is 2.15. The Hall–Kier alpha value is -0.863. The van der Waals surface area contributed by atoms with Crippen LogP contribution in [0.25, 0.3) is 0 Å². The summed E-state index contributed by atoms with van der Waals surface area (Å²) >= 11 is 1.93. The lowest BCUT2D eigenvalue weighted by Gasteiger charge is -2.19. The fraction of sp³-hybridized carbons (Fsp3) is 0.0833. The van der Waals surface area contributed by atoms with Crippen LogP contribution in [0, 0.1) is 0 Å². The maximum absolute atomic E-state index is 2.28. The van der Waals surface area contributed by atoms with Crippen LogP contribution in [0.15, 0.2) is 52.3 Å². The molecule has 2 aliphatic rings. The van der Waals surface area contributed by atoms with Gasteiger partial charge in [0.25, 0.3) is 0 Å². The molecular weight excluding hydrogens is 204 g/mol. The van der Waals surface area contributed by atoms with E-state index in [1.807, 2.05) is 11.8 Å². The van der Waals surface area contributed by atoms with Crippen LogP contribution >= 0.6 is 11.8 Å². The van der Waals surface area contributed by atoms with Gasteiger partial charge in [-0.05, 0) is 28.9 Å². The first kappa shape index (κ1) is 8.45. The van der Waals surface area contributed by atoms with E-state index in [-0.39, 0.29) is 0 Å². The molecule has 1 aliphatic carbocycles. The number of allylic oxidation sites excluding steroid dienone is 4. The van der Waals surface area contributed by atoms with Crippen LogP contribution < -0.4 is 5.19 Å². The van der Waals surface area contributed by atoms with Gasteiger partial charge in [-0.1, -0.05) is 42.1 Å². The molecule has 14 heavy (non-hydrogen) atoms. The lowest BCUT2D eigenvalue weighted by molar-refractivity contribution is 1.47. The Morgan fingerprint density at radius 1 is 1.21 bits per heavy atom. The maximum Gasteiger partial charge on any atom is 0.0366 e. The molecule has 0 radical (unpaired) electrons. The zero-order valence-corrected chi connectivity index (χ0v) is 9.71. The van der Waals surface area contributed by atoms with Crippen LogP contribution in [0.2, 0.25) is 0 Å².